The van der Waals surface area contributed by atoms with Gasteiger partial charge < -0.3 is 11.1 Å². The Morgan fingerprint density at radius 3 is 2.50 bits per heavy atom. The van der Waals surface area contributed by atoms with Gasteiger partial charge in [-0.15, -0.1) is 0 Å². The second kappa shape index (κ2) is 5.47. The van der Waals surface area contributed by atoms with Crippen molar-refractivity contribution < 1.29 is 13.2 Å². The van der Waals surface area contributed by atoms with Crippen molar-refractivity contribution in [3.05, 3.63) is 23.8 Å². The number of hydrogen-bond donors (Lipinski definition) is 3. The Morgan fingerprint density at radius 2 is 2.00 bits per heavy atom. The molecule has 0 saturated carbocycles. The van der Waals surface area contributed by atoms with Crippen LogP contribution in [0.3, 0.4) is 0 Å². The van der Waals surface area contributed by atoms with E-state index in [9.17, 15) is 13.2 Å². The minimum absolute atomic E-state index is 0.0931. The smallest absolute Gasteiger partial charge is 0.241 e. The lowest BCUT2D eigenvalue weighted by Gasteiger charge is -2.12. The number of amides is 1. The molecule has 18 heavy (non-hydrogen) atoms. The molecule has 4 N–H and O–H groups in total. The largest absolute Gasteiger partial charge is 0.324 e. The van der Waals surface area contributed by atoms with E-state index in [1.54, 1.807) is 19.9 Å². The second-order valence-corrected chi connectivity index (χ2v) is 5.85. The number of carbonyl (C=O) groups is 1. The van der Waals surface area contributed by atoms with E-state index in [-0.39, 0.29) is 10.8 Å². The van der Waals surface area contributed by atoms with Crippen LogP contribution in [0.1, 0.15) is 12.5 Å². The van der Waals surface area contributed by atoms with Crippen molar-refractivity contribution in [3.63, 3.8) is 0 Å². The summed E-state index contributed by atoms with van der Waals surface area (Å²) in [7, 11) is -2.20. The highest BCUT2D eigenvalue weighted by Gasteiger charge is 2.15. The summed E-state index contributed by atoms with van der Waals surface area (Å²) in [5.74, 6) is -0.364. The summed E-state index contributed by atoms with van der Waals surface area (Å²) in [6.07, 6.45) is 0. The number of nitrogens with one attached hydrogen (secondary N) is 2. The third-order valence-electron chi connectivity index (χ3n) is 2.46. The van der Waals surface area contributed by atoms with Gasteiger partial charge in [-0.1, -0.05) is 6.07 Å². The molecule has 0 aromatic heterocycles. The van der Waals surface area contributed by atoms with E-state index in [0.29, 0.717) is 5.69 Å². The average molecular weight is 271 g/mol. The molecule has 0 aliphatic rings. The minimum atomic E-state index is -3.53. The zero-order valence-electron chi connectivity index (χ0n) is 10.5. The molecule has 1 rings (SSSR count). The third-order valence-corrected chi connectivity index (χ3v) is 3.87. The van der Waals surface area contributed by atoms with Gasteiger partial charge in [0.25, 0.3) is 0 Å². The van der Waals surface area contributed by atoms with Crippen molar-refractivity contribution in [2.75, 3.05) is 12.4 Å². The second-order valence-electron chi connectivity index (χ2n) is 3.96. The molecule has 6 nitrogen and oxygen atoms in total. The standard InChI is InChI=1S/C11H17N3O3S/c1-7-4-5-9(18(16,17)13-3)6-10(7)14-11(15)8(2)12/h4-6,8,13H,12H2,1-3H3,(H,14,15)/t8-/m1/s1. The molecule has 0 bridgehead atoms. The molecule has 0 heterocycles. The molecular formula is C11H17N3O3S. The van der Waals surface area contributed by atoms with Crippen LogP contribution in [0.5, 0.6) is 0 Å². The van der Waals surface area contributed by atoms with Crippen molar-refractivity contribution in [1.82, 2.24) is 4.72 Å². The number of nitrogens with two attached hydrogens (primary N) is 1. The number of hydrogen-bond acceptors (Lipinski definition) is 4. The first kappa shape index (κ1) is 14.6. The molecule has 1 amide bonds. The van der Waals surface area contributed by atoms with E-state index in [1.165, 1.54) is 19.2 Å². The molecule has 0 unspecified atom stereocenters. The molecule has 100 valence electrons. The number of benzene rings is 1. The molecule has 0 aliphatic carbocycles. The van der Waals surface area contributed by atoms with Crippen LogP contribution < -0.4 is 15.8 Å². The van der Waals surface area contributed by atoms with E-state index in [2.05, 4.69) is 10.0 Å². The summed E-state index contributed by atoms with van der Waals surface area (Å²) >= 11 is 0. The van der Waals surface area contributed by atoms with Gasteiger partial charge in [0.05, 0.1) is 10.9 Å². The Hall–Kier alpha value is -1.44. The van der Waals surface area contributed by atoms with Crippen molar-refractivity contribution in [2.24, 2.45) is 5.73 Å². The van der Waals surface area contributed by atoms with Gasteiger partial charge in [0.1, 0.15) is 0 Å². The summed E-state index contributed by atoms with van der Waals surface area (Å²) in [5.41, 5.74) is 6.64. The van der Waals surface area contributed by atoms with E-state index in [1.807, 2.05) is 0 Å². The van der Waals surface area contributed by atoms with Gasteiger partial charge in [-0.3, -0.25) is 4.79 Å². The van der Waals surface area contributed by atoms with Crippen molar-refractivity contribution in [1.29, 1.82) is 0 Å². The zero-order valence-corrected chi connectivity index (χ0v) is 11.3. The fourth-order valence-electron chi connectivity index (χ4n) is 1.27. The molecular weight excluding hydrogens is 254 g/mol. The first-order valence-corrected chi connectivity index (χ1v) is 6.87. The van der Waals surface area contributed by atoms with Gasteiger partial charge >= 0.3 is 0 Å². The summed E-state index contributed by atoms with van der Waals surface area (Å²) in [6.45, 7) is 3.32. The van der Waals surface area contributed by atoms with Crippen molar-refractivity contribution in [3.8, 4) is 0 Å². The fourth-order valence-corrected chi connectivity index (χ4v) is 2.02. The van der Waals surface area contributed by atoms with Crippen LogP contribution in [0.25, 0.3) is 0 Å². The lowest BCUT2D eigenvalue weighted by molar-refractivity contribution is -0.117. The summed E-state index contributed by atoms with van der Waals surface area (Å²) in [6, 6.07) is 3.85. The van der Waals surface area contributed by atoms with Crippen LogP contribution in [0.4, 0.5) is 5.69 Å². The van der Waals surface area contributed by atoms with E-state index in [4.69, 9.17) is 5.73 Å². The molecule has 0 fully saturated rings. The Morgan fingerprint density at radius 1 is 1.39 bits per heavy atom. The Balaban J connectivity index is 3.14. The fraction of sp³-hybridized carbons (Fsp3) is 0.364. The summed E-state index contributed by atoms with van der Waals surface area (Å²) in [5, 5.41) is 2.59. The molecule has 1 aromatic rings. The van der Waals surface area contributed by atoms with Crippen LogP contribution in [0.15, 0.2) is 23.1 Å². The highest BCUT2D eigenvalue weighted by molar-refractivity contribution is 7.89. The molecule has 0 spiro atoms. The molecule has 0 saturated heterocycles. The van der Waals surface area contributed by atoms with Gasteiger partial charge in [-0.2, -0.15) is 0 Å². The van der Waals surface area contributed by atoms with Gasteiger partial charge in [-0.25, -0.2) is 13.1 Å². The average Bonchev–Trinajstić information content (AvgIpc) is 2.31. The minimum Gasteiger partial charge on any atom is -0.324 e. The quantitative estimate of drug-likeness (QED) is 0.727. The van der Waals surface area contributed by atoms with Crippen LogP contribution in [-0.4, -0.2) is 27.4 Å². The maximum atomic E-state index is 11.6. The van der Waals surface area contributed by atoms with Gasteiger partial charge in [0.15, 0.2) is 0 Å². The predicted octanol–water partition coefficient (Wildman–Crippen LogP) is 0.189. The third kappa shape index (κ3) is 3.28. The van der Waals surface area contributed by atoms with Crippen molar-refractivity contribution in [2.45, 2.75) is 24.8 Å². The van der Waals surface area contributed by atoms with E-state index >= 15 is 0 Å². The maximum Gasteiger partial charge on any atom is 0.241 e. The number of rotatable bonds is 4. The highest BCUT2D eigenvalue weighted by Crippen LogP contribution is 2.20. The van der Waals surface area contributed by atoms with Crippen LogP contribution in [0, 0.1) is 6.92 Å². The van der Waals surface area contributed by atoms with Gasteiger partial charge in [-0.05, 0) is 38.6 Å². The lowest BCUT2D eigenvalue weighted by atomic mass is 10.2. The van der Waals surface area contributed by atoms with Crippen LogP contribution in [-0.2, 0) is 14.8 Å². The van der Waals surface area contributed by atoms with Crippen LogP contribution in [0.2, 0.25) is 0 Å². The first-order chi connectivity index (χ1) is 8.27. The lowest BCUT2D eigenvalue weighted by Crippen LogP contribution is -2.32. The zero-order chi connectivity index (χ0) is 13.9. The summed E-state index contributed by atoms with van der Waals surface area (Å²) < 4.78 is 25.5. The molecule has 0 aliphatic heterocycles. The van der Waals surface area contributed by atoms with E-state index in [0.717, 1.165) is 5.56 Å². The van der Waals surface area contributed by atoms with Gasteiger partial charge in [0.2, 0.25) is 15.9 Å². The Kier molecular flexibility index (Phi) is 4.44. The molecule has 1 aromatic carbocycles. The molecule has 0 radical (unpaired) electrons. The number of sulfonamides is 1. The number of aryl methyl sites for hydroxylation is 1. The van der Waals surface area contributed by atoms with Gasteiger partial charge in [0, 0.05) is 5.69 Å². The number of carbonyl (C=O) groups excluding carboxylic acids is 1. The SMILES string of the molecule is CNS(=O)(=O)c1ccc(C)c(NC(=O)[C@@H](C)N)c1. The van der Waals surface area contributed by atoms with Crippen molar-refractivity contribution >= 4 is 21.6 Å². The predicted molar refractivity (Wildman–Crippen MR) is 69.7 cm³/mol. The number of anilines is 1. The maximum absolute atomic E-state index is 11.6. The van der Waals surface area contributed by atoms with E-state index < -0.39 is 16.1 Å². The monoisotopic (exact) mass is 271 g/mol. The molecule has 7 heteroatoms. The normalized spacial score (nSPS) is 13.1. The molecule has 1 atom stereocenters. The summed E-state index contributed by atoms with van der Waals surface area (Å²) in [4.78, 5) is 11.6. The Bertz CT molecular complexity index is 553. The Labute approximate surface area is 107 Å². The first-order valence-electron chi connectivity index (χ1n) is 5.38. The topological polar surface area (TPSA) is 101 Å². The van der Waals surface area contributed by atoms with Crippen LogP contribution >= 0.6 is 0 Å². The highest BCUT2D eigenvalue weighted by atomic mass is 32.2.